The predicted molar refractivity (Wildman–Crippen MR) is 123 cm³/mol. The van der Waals surface area contributed by atoms with Gasteiger partial charge in [0.1, 0.15) is 11.6 Å². The number of aliphatic imine (C=N–C) groups is 1. The highest BCUT2D eigenvalue weighted by Crippen LogP contribution is 2.37. The number of amidine groups is 1. The number of nitrogens with one attached hydrogen (secondary N) is 1. The van der Waals surface area contributed by atoms with Crippen LogP contribution in [0.4, 0.5) is 11.5 Å². The Morgan fingerprint density at radius 3 is 2.71 bits per heavy atom. The molecule has 1 atom stereocenters. The molecule has 0 radical (unpaired) electrons. The lowest BCUT2D eigenvalue weighted by Crippen LogP contribution is -2.13. The molecule has 0 spiro atoms. The third-order valence-corrected chi connectivity index (χ3v) is 5.70. The molecular weight excluding hydrogens is 438 g/mol. The first-order chi connectivity index (χ1) is 14.9. The monoisotopic (exact) mass is 459 g/mol. The van der Waals surface area contributed by atoms with Gasteiger partial charge in [-0.2, -0.15) is 0 Å². The molecule has 162 valence electrons. The van der Waals surface area contributed by atoms with Gasteiger partial charge in [-0.3, -0.25) is 15.1 Å². The third kappa shape index (κ3) is 5.79. The molecule has 1 unspecified atom stereocenters. The van der Waals surface area contributed by atoms with E-state index in [4.69, 9.17) is 4.42 Å². The van der Waals surface area contributed by atoms with Gasteiger partial charge in [0.2, 0.25) is 5.89 Å². The highest BCUT2D eigenvalue weighted by atomic mass is 32.2. The lowest BCUT2D eigenvalue weighted by Gasteiger charge is -2.15. The molecule has 0 aliphatic carbocycles. The number of aromatic nitrogens is 4. The molecule has 0 aliphatic heterocycles. The summed E-state index contributed by atoms with van der Waals surface area (Å²) in [7, 11) is 0. The molecule has 0 saturated carbocycles. The van der Waals surface area contributed by atoms with Crippen LogP contribution < -0.4 is 5.32 Å². The van der Waals surface area contributed by atoms with Crippen LogP contribution in [0.5, 0.6) is 0 Å². The van der Waals surface area contributed by atoms with E-state index in [9.17, 15) is 10.1 Å². The number of non-ortho nitro benzene ring substituents is 1. The summed E-state index contributed by atoms with van der Waals surface area (Å²) in [4.78, 5) is 23.6. The standard InChI is InChI=1S/C19H21N7O3S2/c1-5-20-18(30-4)23-16-15(10-21-12(3)22-16)11(2)31-19-25-24-17(29-19)13-6-8-14(9-7-13)26(27)28/h6-11H,5H2,1-4H3,(H,20,21,22,23). The van der Waals surface area contributed by atoms with Crippen molar-refractivity contribution < 1.29 is 9.34 Å². The maximum absolute atomic E-state index is 10.8. The lowest BCUT2D eigenvalue weighted by atomic mass is 10.2. The second-order valence-electron chi connectivity index (χ2n) is 6.27. The third-order valence-electron chi connectivity index (χ3n) is 4.11. The van der Waals surface area contributed by atoms with E-state index in [1.54, 1.807) is 18.3 Å². The van der Waals surface area contributed by atoms with E-state index in [-0.39, 0.29) is 10.9 Å². The van der Waals surface area contributed by atoms with E-state index in [0.29, 0.717) is 34.9 Å². The quantitative estimate of drug-likeness (QED) is 0.173. The zero-order chi connectivity index (χ0) is 22.4. The zero-order valence-corrected chi connectivity index (χ0v) is 19.0. The van der Waals surface area contributed by atoms with E-state index in [2.05, 4.69) is 30.5 Å². The van der Waals surface area contributed by atoms with E-state index in [1.807, 2.05) is 27.0 Å². The van der Waals surface area contributed by atoms with Crippen molar-refractivity contribution >= 4 is 40.2 Å². The minimum atomic E-state index is -0.455. The Morgan fingerprint density at radius 1 is 1.32 bits per heavy atom. The van der Waals surface area contributed by atoms with Crippen molar-refractivity contribution in [3.05, 3.63) is 52.0 Å². The SMILES string of the molecule is CCN=C(Nc1nc(C)ncc1C(C)Sc1nnc(-c2ccc([N+](=O)[O-])cc2)o1)SC. The lowest BCUT2D eigenvalue weighted by molar-refractivity contribution is -0.384. The Labute approximate surface area is 187 Å². The van der Waals surface area contributed by atoms with E-state index >= 15 is 0 Å². The molecular formula is C19H21N7O3S2. The van der Waals surface area contributed by atoms with Crippen LogP contribution in [0.1, 0.15) is 30.5 Å². The van der Waals surface area contributed by atoms with Gasteiger partial charge in [0.25, 0.3) is 10.9 Å². The Hall–Kier alpha value is -2.99. The van der Waals surface area contributed by atoms with E-state index in [0.717, 1.165) is 10.7 Å². The van der Waals surface area contributed by atoms with Crippen molar-refractivity contribution in [3.8, 4) is 11.5 Å². The van der Waals surface area contributed by atoms with Gasteiger partial charge >= 0.3 is 0 Å². The highest BCUT2D eigenvalue weighted by Gasteiger charge is 2.19. The first kappa shape index (κ1) is 22.7. The fourth-order valence-electron chi connectivity index (χ4n) is 2.59. The molecule has 10 nitrogen and oxygen atoms in total. The van der Waals surface area contributed by atoms with Gasteiger partial charge in [0, 0.05) is 41.3 Å². The summed E-state index contributed by atoms with van der Waals surface area (Å²) in [5, 5.41) is 23.3. The zero-order valence-electron chi connectivity index (χ0n) is 17.4. The molecule has 1 aromatic carbocycles. The van der Waals surface area contributed by atoms with Crippen LogP contribution in [-0.2, 0) is 0 Å². The number of nitro benzene ring substituents is 1. The molecule has 3 rings (SSSR count). The van der Waals surface area contributed by atoms with Crippen LogP contribution in [0.2, 0.25) is 0 Å². The fraction of sp³-hybridized carbons (Fsp3) is 0.316. The second kappa shape index (κ2) is 10.4. The number of anilines is 1. The minimum Gasteiger partial charge on any atom is -0.411 e. The van der Waals surface area contributed by atoms with E-state index < -0.39 is 4.92 Å². The maximum Gasteiger partial charge on any atom is 0.277 e. The normalized spacial score (nSPS) is 12.6. The first-order valence-corrected chi connectivity index (χ1v) is 11.5. The molecule has 0 fully saturated rings. The van der Waals surface area contributed by atoms with Crippen molar-refractivity contribution in [3.63, 3.8) is 0 Å². The average Bonchev–Trinajstić information content (AvgIpc) is 3.22. The topological polar surface area (TPSA) is 132 Å². The Kier molecular flexibility index (Phi) is 7.58. The van der Waals surface area contributed by atoms with E-state index in [1.165, 1.54) is 35.7 Å². The van der Waals surface area contributed by atoms with Gasteiger partial charge in [-0.25, -0.2) is 9.97 Å². The van der Waals surface area contributed by atoms with Crippen molar-refractivity contribution in [2.45, 2.75) is 31.2 Å². The fourth-order valence-corrected chi connectivity index (χ4v) is 3.87. The predicted octanol–water partition coefficient (Wildman–Crippen LogP) is 4.75. The molecule has 0 aliphatic rings. The van der Waals surface area contributed by atoms with Crippen molar-refractivity contribution in [2.75, 3.05) is 18.1 Å². The Balaban J connectivity index is 1.78. The molecule has 3 aromatic rings. The van der Waals surface area contributed by atoms with Crippen molar-refractivity contribution in [2.24, 2.45) is 4.99 Å². The van der Waals surface area contributed by atoms with Gasteiger partial charge in [0.05, 0.1) is 4.92 Å². The van der Waals surface area contributed by atoms with Gasteiger partial charge in [-0.05, 0) is 39.2 Å². The molecule has 0 bridgehead atoms. The number of aryl methyl sites for hydroxylation is 1. The van der Waals surface area contributed by atoms with Crippen LogP contribution in [0, 0.1) is 17.0 Å². The maximum atomic E-state index is 10.8. The molecule has 2 heterocycles. The molecule has 2 aromatic heterocycles. The molecule has 0 amide bonds. The first-order valence-electron chi connectivity index (χ1n) is 9.35. The number of nitrogens with zero attached hydrogens (tertiary/aromatic N) is 6. The number of hydrogen-bond donors (Lipinski definition) is 1. The summed E-state index contributed by atoms with van der Waals surface area (Å²) in [5.41, 5.74) is 1.49. The largest absolute Gasteiger partial charge is 0.411 e. The molecule has 1 N–H and O–H groups in total. The summed E-state index contributed by atoms with van der Waals surface area (Å²) in [6.07, 6.45) is 3.73. The Bertz CT molecular complexity index is 1090. The van der Waals surface area contributed by atoms with Crippen molar-refractivity contribution in [1.82, 2.24) is 20.2 Å². The minimum absolute atomic E-state index is 0.00195. The van der Waals surface area contributed by atoms with Crippen LogP contribution in [0.25, 0.3) is 11.5 Å². The summed E-state index contributed by atoms with van der Waals surface area (Å²) in [6.45, 7) is 6.47. The number of rotatable bonds is 7. The Morgan fingerprint density at radius 2 is 2.06 bits per heavy atom. The molecule has 12 heteroatoms. The van der Waals surface area contributed by atoms with Crippen LogP contribution in [0.3, 0.4) is 0 Å². The van der Waals surface area contributed by atoms with Crippen molar-refractivity contribution in [1.29, 1.82) is 0 Å². The molecule has 0 saturated heterocycles. The van der Waals surface area contributed by atoms with Gasteiger partial charge in [-0.15, -0.1) is 10.2 Å². The smallest absolute Gasteiger partial charge is 0.277 e. The number of thioether (sulfide) groups is 2. The summed E-state index contributed by atoms with van der Waals surface area (Å²) in [6, 6.07) is 5.96. The van der Waals surface area contributed by atoms with Crippen LogP contribution >= 0.6 is 23.5 Å². The number of benzene rings is 1. The highest BCUT2D eigenvalue weighted by molar-refractivity contribution is 8.13. The molecule has 31 heavy (non-hydrogen) atoms. The summed E-state index contributed by atoms with van der Waals surface area (Å²) in [5.74, 6) is 1.63. The summed E-state index contributed by atoms with van der Waals surface area (Å²) < 4.78 is 5.75. The number of nitro groups is 1. The van der Waals surface area contributed by atoms with Gasteiger partial charge < -0.3 is 9.73 Å². The van der Waals surface area contributed by atoms with Gasteiger partial charge in [0.15, 0.2) is 5.17 Å². The second-order valence-corrected chi connectivity index (χ2v) is 8.35. The van der Waals surface area contributed by atoms with Gasteiger partial charge in [-0.1, -0.05) is 23.5 Å². The summed E-state index contributed by atoms with van der Waals surface area (Å²) >= 11 is 2.89. The van der Waals surface area contributed by atoms with Crippen LogP contribution in [-0.4, -0.2) is 43.1 Å². The van der Waals surface area contributed by atoms with Crippen LogP contribution in [0.15, 0.2) is 45.1 Å². The average molecular weight is 460 g/mol. The number of hydrogen-bond acceptors (Lipinski definition) is 10.